The molecule has 0 aromatic heterocycles. The molecule has 30 heavy (non-hydrogen) atoms. The van der Waals surface area contributed by atoms with E-state index < -0.39 is 5.92 Å². The summed E-state index contributed by atoms with van der Waals surface area (Å²) in [4.78, 5) is 16.4. The third kappa shape index (κ3) is 4.36. The third-order valence-electron chi connectivity index (χ3n) is 5.65. The molecule has 0 saturated carbocycles. The summed E-state index contributed by atoms with van der Waals surface area (Å²) in [5, 5.41) is 2.82. The molecule has 1 atom stereocenters. The predicted molar refractivity (Wildman–Crippen MR) is 109 cm³/mol. The standard InChI is InChI=1S/C23H24F3N3O/c1-16(10-12-28-14-23(25,26)15-28)27-22(30)29-13-11-17-4-2-3-5-20(17)21(29)18-6-8-19(24)9-7-18/h2-9,21H,1,10-15H2,(H,27,30)/t21-/m0/s1. The highest BCUT2D eigenvalue weighted by molar-refractivity contribution is 5.77. The van der Waals surface area contributed by atoms with Crippen molar-refractivity contribution in [1.82, 2.24) is 15.1 Å². The molecule has 1 N–H and O–H groups in total. The molecule has 0 bridgehead atoms. The van der Waals surface area contributed by atoms with Crippen LogP contribution >= 0.6 is 0 Å². The minimum absolute atomic E-state index is 0.246. The molecule has 1 saturated heterocycles. The van der Waals surface area contributed by atoms with Crippen molar-refractivity contribution in [2.24, 2.45) is 0 Å². The molecule has 0 radical (unpaired) electrons. The van der Waals surface area contributed by atoms with Gasteiger partial charge in [0, 0.05) is 18.8 Å². The molecule has 0 unspecified atom stereocenters. The van der Waals surface area contributed by atoms with Gasteiger partial charge in [-0.25, -0.2) is 18.0 Å². The van der Waals surface area contributed by atoms with E-state index in [2.05, 4.69) is 11.9 Å². The fraction of sp³-hybridized carbons (Fsp3) is 0.348. The summed E-state index contributed by atoms with van der Waals surface area (Å²) in [6.45, 7) is 4.33. The molecule has 1 fully saturated rings. The van der Waals surface area contributed by atoms with Crippen LogP contribution in [0.25, 0.3) is 0 Å². The van der Waals surface area contributed by atoms with E-state index >= 15 is 0 Å². The first kappa shape index (κ1) is 20.5. The van der Waals surface area contributed by atoms with Crippen LogP contribution in [0.3, 0.4) is 0 Å². The van der Waals surface area contributed by atoms with Gasteiger partial charge in [0.15, 0.2) is 0 Å². The van der Waals surface area contributed by atoms with Crippen molar-refractivity contribution < 1.29 is 18.0 Å². The first-order valence-corrected chi connectivity index (χ1v) is 10.0. The summed E-state index contributed by atoms with van der Waals surface area (Å²) >= 11 is 0. The maximum atomic E-state index is 13.5. The van der Waals surface area contributed by atoms with Gasteiger partial charge in [0.2, 0.25) is 0 Å². The second-order valence-corrected chi connectivity index (χ2v) is 7.95. The number of hydrogen-bond acceptors (Lipinski definition) is 2. The van der Waals surface area contributed by atoms with E-state index in [-0.39, 0.29) is 31.0 Å². The lowest BCUT2D eigenvalue weighted by molar-refractivity contribution is -0.129. The van der Waals surface area contributed by atoms with Gasteiger partial charge in [-0.2, -0.15) is 0 Å². The molecule has 7 heteroatoms. The van der Waals surface area contributed by atoms with Crippen molar-refractivity contribution in [1.29, 1.82) is 0 Å². The van der Waals surface area contributed by atoms with Crippen molar-refractivity contribution >= 4 is 6.03 Å². The van der Waals surface area contributed by atoms with E-state index in [4.69, 9.17) is 0 Å². The number of nitrogens with zero attached hydrogens (tertiary/aromatic N) is 2. The van der Waals surface area contributed by atoms with Crippen LogP contribution in [-0.2, 0) is 6.42 Å². The van der Waals surface area contributed by atoms with Crippen molar-refractivity contribution in [3.05, 3.63) is 83.3 Å². The molecular weight excluding hydrogens is 391 g/mol. The normalized spacial score (nSPS) is 20.2. The van der Waals surface area contributed by atoms with E-state index in [0.717, 1.165) is 23.1 Å². The number of benzene rings is 2. The number of amides is 2. The molecule has 2 heterocycles. The fourth-order valence-corrected chi connectivity index (χ4v) is 4.13. The van der Waals surface area contributed by atoms with Gasteiger partial charge in [-0.15, -0.1) is 0 Å². The van der Waals surface area contributed by atoms with Crippen molar-refractivity contribution in [3.8, 4) is 0 Å². The van der Waals surface area contributed by atoms with Gasteiger partial charge in [-0.1, -0.05) is 43.0 Å². The first-order chi connectivity index (χ1) is 14.3. The maximum Gasteiger partial charge on any atom is 0.322 e. The monoisotopic (exact) mass is 415 g/mol. The first-order valence-electron chi connectivity index (χ1n) is 10.0. The van der Waals surface area contributed by atoms with Gasteiger partial charge >= 0.3 is 6.03 Å². The van der Waals surface area contributed by atoms with Crippen LogP contribution in [0.15, 0.2) is 60.8 Å². The predicted octanol–water partition coefficient (Wildman–Crippen LogP) is 4.34. The summed E-state index contributed by atoms with van der Waals surface area (Å²) in [6, 6.07) is 13.5. The minimum Gasteiger partial charge on any atom is -0.313 e. The molecule has 2 amide bonds. The molecular formula is C23H24F3N3O. The van der Waals surface area contributed by atoms with Crippen LogP contribution in [0.5, 0.6) is 0 Å². The fourth-order valence-electron chi connectivity index (χ4n) is 4.13. The number of likely N-dealkylation sites (tertiary alicyclic amines) is 1. The number of carbonyl (C=O) groups excluding carboxylic acids is 1. The van der Waals surface area contributed by atoms with E-state index in [9.17, 15) is 18.0 Å². The number of fused-ring (bicyclic) bond motifs is 1. The highest BCUT2D eigenvalue weighted by atomic mass is 19.3. The molecule has 2 aromatic rings. The van der Waals surface area contributed by atoms with Crippen LogP contribution in [0.1, 0.15) is 29.2 Å². The zero-order valence-electron chi connectivity index (χ0n) is 16.6. The van der Waals surface area contributed by atoms with Crippen molar-refractivity contribution in [2.45, 2.75) is 24.8 Å². The van der Waals surface area contributed by atoms with Crippen LogP contribution < -0.4 is 5.32 Å². The van der Waals surface area contributed by atoms with Gasteiger partial charge < -0.3 is 10.2 Å². The van der Waals surface area contributed by atoms with Gasteiger partial charge in [-0.3, -0.25) is 4.90 Å². The third-order valence-corrected chi connectivity index (χ3v) is 5.65. The number of rotatable bonds is 5. The second kappa shape index (κ2) is 8.14. The number of alkyl halides is 2. The van der Waals surface area contributed by atoms with Gasteiger partial charge in [0.1, 0.15) is 5.82 Å². The van der Waals surface area contributed by atoms with E-state index in [1.807, 2.05) is 24.3 Å². The molecule has 2 aliphatic rings. The number of hydrogen-bond donors (Lipinski definition) is 1. The number of halogens is 3. The van der Waals surface area contributed by atoms with Crippen molar-refractivity contribution in [3.63, 3.8) is 0 Å². The average molecular weight is 415 g/mol. The summed E-state index contributed by atoms with van der Waals surface area (Å²) in [6.07, 6.45) is 1.13. The van der Waals surface area contributed by atoms with Gasteiger partial charge in [0.25, 0.3) is 5.92 Å². The van der Waals surface area contributed by atoms with Crippen LogP contribution in [-0.4, -0.2) is 47.9 Å². The zero-order valence-corrected chi connectivity index (χ0v) is 16.6. The number of carbonyl (C=O) groups is 1. The lowest BCUT2D eigenvalue weighted by atomic mass is 9.88. The van der Waals surface area contributed by atoms with E-state index in [0.29, 0.717) is 25.2 Å². The quantitative estimate of drug-likeness (QED) is 0.789. The lowest BCUT2D eigenvalue weighted by Gasteiger charge is -2.39. The Labute approximate surface area is 174 Å². The number of nitrogens with one attached hydrogen (secondary N) is 1. The number of urea groups is 1. The molecule has 0 spiro atoms. The van der Waals surface area contributed by atoms with Gasteiger partial charge in [-0.05, 0) is 41.7 Å². The van der Waals surface area contributed by atoms with Gasteiger partial charge in [0.05, 0.1) is 19.1 Å². The molecule has 0 aliphatic carbocycles. The van der Waals surface area contributed by atoms with Crippen LogP contribution in [0.4, 0.5) is 18.0 Å². The average Bonchev–Trinajstić information content (AvgIpc) is 2.70. The molecule has 2 aliphatic heterocycles. The Hall–Kier alpha value is -2.80. The summed E-state index contributed by atoms with van der Waals surface area (Å²) < 4.78 is 39.4. The Kier molecular flexibility index (Phi) is 5.56. The van der Waals surface area contributed by atoms with Crippen LogP contribution in [0, 0.1) is 5.82 Å². The molecule has 4 nitrogen and oxygen atoms in total. The van der Waals surface area contributed by atoms with Crippen LogP contribution in [0.2, 0.25) is 0 Å². The Morgan fingerprint density at radius 3 is 2.53 bits per heavy atom. The molecule has 2 aromatic carbocycles. The SMILES string of the molecule is C=C(CCN1CC(F)(F)C1)NC(=O)N1CCc2ccccc2[C@@H]1c1ccc(F)cc1. The molecule has 4 rings (SSSR count). The summed E-state index contributed by atoms with van der Waals surface area (Å²) in [5.74, 6) is -2.93. The largest absolute Gasteiger partial charge is 0.322 e. The van der Waals surface area contributed by atoms with Crippen molar-refractivity contribution in [2.75, 3.05) is 26.2 Å². The summed E-state index contributed by atoms with van der Waals surface area (Å²) in [7, 11) is 0. The van der Waals surface area contributed by atoms with E-state index in [1.165, 1.54) is 12.1 Å². The summed E-state index contributed by atoms with van der Waals surface area (Å²) in [5.41, 5.74) is 3.49. The minimum atomic E-state index is -2.60. The van der Waals surface area contributed by atoms with E-state index in [1.54, 1.807) is 21.9 Å². The zero-order chi connectivity index (χ0) is 21.3. The molecule has 158 valence electrons. The maximum absolute atomic E-state index is 13.5. The smallest absolute Gasteiger partial charge is 0.313 e. The topological polar surface area (TPSA) is 35.6 Å². The second-order valence-electron chi connectivity index (χ2n) is 7.95. The lowest BCUT2D eigenvalue weighted by Crippen LogP contribution is -2.56. The highest BCUT2D eigenvalue weighted by Crippen LogP contribution is 2.35. The Morgan fingerprint density at radius 1 is 1.13 bits per heavy atom. The highest BCUT2D eigenvalue weighted by Gasteiger charge is 2.43. The Morgan fingerprint density at radius 2 is 1.83 bits per heavy atom. The Balaban J connectivity index is 1.46. The Bertz CT molecular complexity index is 937.